The highest BCUT2D eigenvalue weighted by Gasteiger charge is 2.24. The Bertz CT molecular complexity index is 331. The largest absolute Gasteiger partial charge is 0.342 e. The van der Waals surface area contributed by atoms with E-state index in [9.17, 15) is 4.79 Å². The molecule has 0 bridgehead atoms. The minimum Gasteiger partial charge on any atom is -0.342 e. The number of carbonyl (C=O) groups excluding carboxylic acids is 1. The number of aromatic nitrogens is 1. The van der Waals surface area contributed by atoms with Gasteiger partial charge in [0.05, 0.1) is 11.6 Å². The zero-order chi connectivity index (χ0) is 11.4. The molecule has 16 heavy (non-hydrogen) atoms. The van der Waals surface area contributed by atoms with Gasteiger partial charge in [0, 0.05) is 30.6 Å². The molecule has 1 aromatic rings. The summed E-state index contributed by atoms with van der Waals surface area (Å²) in [7, 11) is 1.81. The smallest absolute Gasteiger partial charge is 0.236 e. The average Bonchev–Trinajstić information content (AvgIpc) is 2.83. The van der Waals surface area contributed by atoms with Crippen LogP contribution in [0, 0.1) is 0 Å². The molecule has 0 spiro atoms. The van der Waals surface area contributed by atoms with E-state index in [1.54, 1.807) is 18.4 Å². The normalized spacial score (nSPS) is 17.7. The summed E-state index contributed by atoms with van der Waals surface area (Å²) >= 11 is 1.72. The first-order valence-corrected chi connectivity index (χ1v) is 6.51. The van der Waals surface area contributed by atoms with Gasteiger partial charge < -0.3 is 10.2 Å². The molecule has 0 aliphatic carbocycles. The van der Waals surface area contributed by atoms with Crippen LogP contribution in [0.3, 0.4) is 0 Å². The van der Waals surface area contributed by atoms with Gasteiger partial charge in [0.2, 0.25) is 5.91 Å². The van der Waals surface area contributed by atoms with Crippen LogP contribution in [0.1, 0.15) is 23.8 Å². The lowest BCUT2D eigenvalue weighted by Gasteiger charge is -2.31. The highest BCUT2D eigenvalue weighted by Crippen LogP contribution is 2.29. The first-order valence-electron chi connectivity index (χ1n) is 5.63. The zero-order valence-electron chi connectivity index (χ0n) is 9.48. The molecular weight excluding hydrogens is 222 g/mol. The number of hydrogen-bond acceptors (Lipinski definition) is 4. The van der Waals surface area contributed by atoms with Crippen molar-refractivity contribution in [2.75, 3.05) is 26.7 Å². The molecular formula is C11H17N3OS. The van der Waals surface area contributed by atoms with Gasteiger partial charge in [0.1, 0.15) is 0 Å². The Hall–Kier alpha value is -0.940. The third-order valence-corrected chi connectivity index (χ3v) is 3.91. The Kier molecular flexibility index (Phi) is 3.90. The molecule has 1 N–H and O–H groups in total. The first-order chi connectivity index (χ1) is 7.81. The maximum absolute atomic E-state index is 11.6. The van der Waals surface area contributed by atoms with Gasteiger partial charge in [-0.05, 0) is 19.9 Å². The number of carbonyl (C=O) groups is 1. The third kappa shape index (κ3) is 2.59. The third-order valence-electron chi connectivity index (χ3n) is 2.98. The van der Waals surface area contributed by atoms with Crippen LogP contribution in [0.4, 0.5) is 0 Å². The van der Waals surface area contributed by atoms with E-state index in [4.69, 9.17) is 0 Å². The highest BCUT2D eigenvalue weighted by atomic mass is 32.1. The Morgan fingerprint density at radius 1 is 1.62 bits per heavy atom. The molecule has 0 atom stereocenters. The van der Waals surface area contributed by atoms with Gasteiger partial charge in [-0.1, -0.05) is 0 Å². The monoisotopic (exact) mass is 239 g/mol. The van der Waals surface area contributed by atoms with Crippen LogP contribution in [0.5, 0.6) is 0 Å². The molecule has 0 radical (unpaired) electrons. The Labute approximate surface area is 99.7 Å². The number of nitrogens with zero attached hydrogens (tertiary/aromatic N) is 2. The van der Waals surface area contributed by atoms with Gasteiger partial charge in [-0.25, -0.2) is 4.98 Å². The summed E-state index contributed by atoms with van der Waals surface area (Å²) < 4.78 is 0. The molecule has 88 valence electrons. The molecule has 5 heteroatoms. The van der Waals surface area contributed by atoms with Crippen molar-refractivity contribution in [3.63, 3.8) is 0 Å². The van der Waals surface area contributed by atoms with E-state index >= 15 is 0 Å². The van der Waals surface area contributed by atoms with Crippen molar-refractivity contribution < 1.29 is 4.79 Å². The highest BCUT2D eigenvalue weighted by molar-refractivity contribution is 7.09. The summed E-state index contributed by atoms with van der Waals surface area (Å²) in [6, 6.07) is 0. The lowest BCUT2D eigenvalue weighted by Crippen LogP contribution is -2.41. The van der Waals surface area contributed by atoms with Crippen LogP contribution < -0.4 is 5.32 Å². The fourth-order valence-corrected chi connectivity index (χ4v) is 2.89. The predicted octanol–water partition coefficient (Wildman–Crippen LogP) is 1.07. The van der Waals surface area contributed by atoms with Crippen LogP contribution in [0.15, 0.2) is 11.6 Å². The van der Waals surface area contributed by atoms with Gasteiger partial charge in [-0.15, -0.1) is 11.3 Å². The fraction of sp³-hybridized carbons (Fsp3) is 0.636. The molecule has 1 aliphatic heterocycles. The number of hydrogen-bond donors (Lipinski definition) is 1. The molecule has 1 aromatic heterocycles. The van der Waals surface area contributed by atoms with Crippen molar-refractivity contribution in [3.8, 4) is 0 Å². The summed E-state index contributed by atoms with van der Waals surface area (Å²) in [5, 5.41) is 6.15. The molecule has 1 aliphatic rings. The van der Waals surface area contributed by atoms with Crippen molar-refractivity contribution >= 4 is 17.2 Å². The Morgan fingerprint density at radius 2 is 2.38 bits per heavy atom. The molecule has 2 heterocycles. The summed E-state index contributed by atoms with van der Waals surface area (Å²) in [5.74, 6) is 0.763. The maximum atomic E-state index is 11.6. The number of amides is 1. The van der Waals surface area contributed by atoms with Gasteiger partial charge >= 0.3 is 0 Å². The number of thiazole rings is 1. The fourth-order valence-electron chi connectivity index (χ4n) is 2.07. The van der Waals surface area contributed by atoms with Gasteiger partial charge in [-0.2, -0.15) is 0 Å². The SMILES string of the molecule is CNCC(=O)N1CCC(c2nccs2)CC1. The first kappa shape index (κ1) is 11.5. The van der Waals surface area contributed by atoms with E-state index in [0.29, 0.717) is 12.5 Å². The van der Waals surface area contributed by atoms with Crippen LogP contribution in [0.2, 0.25) is 0 Å². The van der Waals surface area contributed by atoms with Crippen LogP contribution in [-0.2, 0) is 4.79 Å². The van der Waals surface area contributed by atoms with Crippen LogP contribution in [-0.4, -0.2) is 42.5 Å². The lowest BCUT2D eigenvalue weighted by atomic mass is 9.97. The number of nitrogens with one attached hydrogen (secondary N) is 1. The van der Waals surface area contributed by atoms with Crippen molar-refractivity contribution in [2.24, 2.45) is 0 Å². The lowest BCUT2D eigenvalue weighted by molar-refractivity contribution is -0.131. The van der Waals surface area contributed by atoms with Crippen molar-refractivity contribution in [1.29, 1.82) is 0 Å². The van der Waals surface area contributed by atoms with Crippen molar-refractivity contribution in [2.45, 2.75) is 18.8 Å². The molecule has 1 amide bonds. The van der Waals surface area contributed by atoms with Gasteiger partial charge in [-0.3, -0.25) is 4.79 Å². The van der Waals surface area contributed by atoms with Crippen molar-refractivity contribution in [1.82, 2.24) is 15.2 Å². The number of rotatable bonds is 3. The summed E-state index contributed by atoms with van der Waals surface area (Å²) in [5.41, 5.74) is 0. The number of piperidine rings is 1. The molecule has 4 nitrogen and oxygen atoms in total. The quantitative estimate of drug-likeness (QED) is 0.858. The molecule has 0 aromatic carbocycles. The summed E-state index contributed by atoms with van der Waals surface area (Å²) in [6.07, 6.45) is 3.95. The second-order valence-corrected chi connectivity index (χ2v) is 4.98. The topological polar surface area (TPSA) is 45.2 Å². The van der Waals surface area contributed by atoms with E-state index in [1.165, 1.54) is 5.01 Å². The second kappa shape index (κ2) is 5.41. The Morgan fingerprint density at radius 3 is 2.94 bits per heavy atom. The summed E-state index contributed by atoms with van der Waals surface area (Å²) in [6.45, 7) is 2.18. The minimum absolute atomic E-state index is 0.208. The van der Waals surface area contributed by atoms with Crippen molar-refractivity contribution in [3.05, 3.63) is 16.6 Å². The van der Waals surface area contributed by atoms with E-state index in [0.717, 1.165) is 25.9 Å². The molecule has 0 unspecified atom stereocenters. The predicted molar refractivity (Wildman–Crippen MR) is 64.6 cm³/mol. The maximum Gasteiger partial charge on any atom is 0.236 e. The minimum atomic E-state index is 0.208. The number of likely N-dealkylation sites (N-methyl/N-ethyl adjacent to an activating group) is 1. The number of likely N-dealkylation sites (tertiary alicyclic amines) is 1. The van der Waals surface area contributed by atoms with Crippen LogP contribution in [0.25, 0.3) is 0 Å². The summed E-state index contributed by atoms with van der Waals surface area (Å²) in [4.78, 5) is 17.9. The standard InChI is InChI=1S/C11H17N3OS/c1-12-8-10(15)14-5-2-9(3-6-14)11-13-4-7-16-11/h4,7,9,12H,2-3,5-6,8H2,1H3. The van der Waals surface area contributed by atoms with E-state index in [2.05, 4.69) is 10.3 Å². The Balaban J connectivity index is 1.85. The van der Waals surface area contributed by atoms with E-state index in [1.807, 2.05) is 16.5 Å². The second-order valence-electron chi connectivity index (χ2n) is 4.06. The van der Waals surface area contributed by atoms with E-state index in [-0.39, 0.29) is 5.91 Å². The molecule has 0 saturated carbocycles. The molecule has 1 fully saturated rings. The van der Waals surface area contributed by atoms with Gasteiger partial charge in [0.25, 0.3) is 0 Å². The molecule has 1 saturated heterocycles. The zero-order valence-corrected chi connectivity index (χ0v) is 10.3. The molecule has 2 rings (SSSR count). The average molecular weight is 239 g/mol. The van der Waals surface area contributed by atoms with Crippen LogP contribution >= 0.6 is 11.3 Å². The van der Waals surface area contributed by atoms with E-state index < -0.39 is 0 Å². The van der Waals surface area contributed by atoms with Gasteiger partial charge in [0.15, 0.2) is 0 Å².